The van der Waals surface area contributed by atoms with Crippen LogP contribution in [0.1, 0.15) is 39.1 Å². The number of nitrogens with zero attached hydrogens (tertiary/aromatic N) is 2. The molecule has 4 heteroatoms. The van der Waals surface area contributed by atoms with E-state index in [1.54, 1.807) is 24.3 Å². The highest BCUT2D eigenvalue weighted by molar-refractivity contribution is 6.21. The van der Waals surface area contributed by atoms with Gasteiger partial charge in [0.1, 0.15) is 0 Å². The van der Waals surface area contributed by atoms with Crippen molar-refractivity contribution in [1.29, 1.82) is 0 Å². The molecule has 0 aliphatic carbocycles. The first-order valence-corrected chi connectivity index (χ1v) is 8.03. The molecular formula is C19H18N2O2. The molecule has 4 nitrogen and oxygen atoms in total. The monoisotopic (exact) mass is 306 g/mol. The van der Waals surface area contributed by atoms with E-state index < -0.39 is 0 Å². The van der Waals surface area contributed by atoms with Gasteiger partial charge in [0.25, 0.3) is 11.8 Å². The number of amides is 2. The number of hydrogen-bond acceptors (Lipinski definition) is 3. The predicted octanol–water partition coefficient (Wildman–Crippen LogP) is 3.08. The molecule has 0 spiro atoms. The van der Waals surface area contributed by atoms with Crippen LogP contribution in [0.4, 0.5) is 5.69 Å². The lowest BCUT2D eigenvalue weighted by atomic mass is 10.1. The summed E-state index contributed by atoms with van der Waals surface area (Å²) in [5, 5.41) is 0. The summed E-state index contributed by atoms with van der Waals surface area (Å²) < 4.78 is 0. The van der Waals surface area contributed by atoms with Crippen molar-refractivity contribution in [3.05, 3.63) is 65.2 Å². The fourth-order valence-electron chi connectivity index (χ4n) is 3.35. The van der Waals surface area contributed by atoms with Gasteiger partial charge in [0.15, 0.2) is 0 Å². The van der Waals surface area contributed by atoms with Crippen LogP contribution in [0, 0.1) is 0 Å². The Kier molecular flexibility index (Phi) is 3.37. The maximum Gasteiger partial charge on any atom is 0.261 e. The number of imide groups is 1. The molecule has 1 fully saturated rings. The summed E-state index contributed by atoms with van der Waals surface area (Å²) in [5.41, 5.74) is 3.20. The van der Waals surface area contributed by atoms with Crippen molar-refractivity contribution in [2.24, 2.45) is 0 Å². The van der Waals surface area contributed by atoms with Crippen molar-refractivity contribution in [2.75, 3.05) is 18.0 Å². The molecule has 2 aromatic carbocycles. The molecule has 0 atom stereocenters. The zero-order valence-corrected chi connectivity index (χ0v) is 12.9. The number of carbonyl (C=O) groups excluding carboxylic acids is 2. The Balaban J connectivity index is 1.52. The molecule has 116 valence electrons. The topological polar surface area (TPSA) is 40.6 Å². The highest BCUT2D eigenvalue weighted by Crippen LogP contribution is 2.25. The van der Waals surface area contributed by atoms with Crippen LogP contribution in [-0.4, -0.2) is 29.8 Å². The van der Waals surface area contributed by atoms with Crippen molar-refractivity contribution in [3.63, 3.8) is 0 Å². The minimum Gasteiger partial charge on any atom is -0.372 e. The molecule has 0 bridgehead atoms. The minimum absolute atomic E-state index is 0.200. The summed E-state index contributed by atoms with van der Waals surface area (Å²) in [6.45, 7) is 2.54. The van der Waals surface area contributed by atoms with Gasteiger partial charge in [-0.1, -0.05) is 24.3 Å². The standard InChI is InChI=1S/C19H18N2O2/c22-18-16-5-1-2-6-17(16)19(23)21(18)13-14-7-9-15(10-8-14)20-11-3-4-12-20/h1-2,5-10H,3-4,11-13H2. The third-order valence-corrected chi connectivity index (χ3v) is 4.63. The van der Waals surface area contributed by atoms with Gasteiger partial charge in [-0.05, 0) is 42.7 Å². The molecule has 4 rings (SSSR count). The normalized spacial score (nSPS) is 17.0. The zero-order valence-electron chi connectivity index (χ0n) is 12.9. The lowest BCUT2D eigenvalue weighted by Gasteiger charge is -2.19. The predicted molar refractivity (Wildman–Crippen MR) is 88.5 cm³/mol. The molecule has 0 unspecified atom stereocenters. The van der Waals surface area contributed by atoms with E-state index in [2.05, 4.69) is 17.0 Å². The summed E-state index contributed by atoms with van der Waals surface area (Å²) >= 11 is 0. The van der Waals surface area contributed by atoms with Crippen LogP contribution in [0.25, 0.3) is 0 Å². The number of hydrogen-bond donors (Lipinski definition) is 0. The van der Waals surface area contributed by atoms with Crippen LogP contribution in [-0.2, 0) is 6.54 Å². The highest BCUT2D eigenvalue weighted by atomic mass is 16.2. The largest absolute Gasteiger partial charge is 0.372 e. The molecule has 2 aromatic rings. The molecule has 2 amide bonds. The molecule has 0 N–H and O–H groups in total. The lowest BCUT2D eigenvalue weighted by molar-refractivity contribution is 0.0642. The Morgan fingerprint density at radius 3 is 1.91 bits per heavy atom. The van der Waals surface area contributed by atoms with Gasteiger partial charge in [0.05, 0.1) is 17.7 Å². The fraction of sp³-hybridized carbons (Fsp3) is 0.263. The molecule has 0 saturated carbocycles. The van der Waals surface area contributed by atoms with Crippen LogP contribution in [0.15, 0.2) is 48.5 Å². The first-order valence-electron chi connectivity index (χ1n) is 8.03. The lowest BCUT2D eigenvalue weighted by Crippen LogP contribution is -2.29. The van der Waals surface area contributed by atoms with Crippen LogP contribution in [0.5, 0.6) is 0 Å². The van der Waals surface area contributed by atoms with Crippen LogP contribution >= 0.6 is 0 Å². The maximum atomic E-state index is 12.4. The van der Waals surface area contributed by atoms with Crippen LogP contribution in [0.3, 0.4) is 0 Å². The van der Waals surface area contributed by atoms with Gasteiger partial charge in [-0.3, -0.25) is 14.5 Å². The van der Waals surface area contributed by atoms with Crippen molar-refractivity contribution < 1.29 is 9.59 Å². The molecule has 23 heavy (non-hydrogen) atoms. The number of fused-ring (bicyclic) bond motifs is 1. The van der Waals surface area contributed by atoms with E-state index in [0.717, 1.165) is 18.7 Å². The van der Waals surface area contributed by atoms with Gasteiger partial charge in [0.2, 0.25) is 0 Å². The van der Waals surface area contributed by atoms with Gasteiger partial charge >= 0.3 is 0 Å². The Morgan fingerprint density at radius 2 is 1.35 bits per heavy atom. The quantitative estimate of drug-likeness (QED) is 0.818. The molecule has 0 aromatic heterocycles. The second kappa shape index (κ2) is 5.54. The van der Waals surface area contributed by atoms with Gasteiger partial charge in [-0.15, -0.1) is 0 Å². The van der Waals surface area contributed by atoms with E-state index in [1.165, 1.54) is 23.4 Å². The highest BCUT2D eigenvalue weighted by Gasteiger charge is 2.34. The molecule has 2 aliphatic rings. The fourth-order valence-corrected chi connectivity index (χ4v) is 3.35. The summed E-state index contributed by atoms with van der Waals surface area (Å²) in [6.07, 6.45) is 2.49. The first-order chi connectivity index (χ1) is 11.2. The first kappa shape index (κ1) is 14.0. The maximum absolute atomic E-state index is 12.4. The van der Waals surface area contributed by atoms with E-state index >= 15 is 0 Å². The zero-order chi connectivity index (χ0) is 15.8. The van der Waals surface area contributed by atoms with E-state index in [9.17, 15) is 9.59 Å². The Labute approximate surface area is 135 Å². The minimum atomic E-state index is -0.200. The average Bonchev–Trinajstić information content (AvgIpc) is 3.20. The second-order valence-electron chi connectivity index (χ2n) is 6.10. The molecular weight excluding hydrogens is 288 g/mol. The molecule has 2 aliphatic heterocycles. The SMILES string of the molecule is O=C1c2ccccc2C(=O)N1Cc1ccc(N2CCCC2)cc1. The third kappa shape index (κ3) is 2.40. The summed E-state index contributed by atoms with van der Waals surface area (Å²) in [4.78, 5) is 28.5. The van der Waals surface area contributed by atoms with Gasteiger partial charge < -0.3 is 4.90 Å². The Hall–Kier alpha value is -2.62. The summed E-state index contributed by atoms with van der Waals surface area (Å²) in [5.74, 6) is -0.400. The average molecular weight is 306 g/mol. The van der Waals surface area contributed by atoms with E-state index in [0.29, 0.717) is 17.7 Å². The smallest absolute Gasteiger partial charge is 0.261 e. The van der Waals surface area contributed by atoms with E-state index in [4.69, 9.17) is 0 Å². The molecule has 1 saturated heterocycles. The molecule has 2 heterocycles. The van der Waals surface area contributed by atoms with Crippen molar-refractivity contribution in [1.82, 2.24) is 4.90 Å². The van der Waals surface area contributed by atoms with Crippen molar-refractivity contribution >= 4 is 17.5 Å². The number of anilines is 1. The number of benzene rings is 2. The number of carbonyl (C=O) groups is 2. The van der Waals surface area contributed by atoms with Crippen LogP contribution < -0.4 is 4.90 Å². The van der Waals surface area contributed by atoms with Gasteiger partial charge in [0, 0.05) is 18.8 Å². The van der Waals surface area contributed by atoms with Gasteiger partial charge in [-0.25, -0.2) is 0 Å². The van der Waals surface area contributed by atoms with Gasteiger partial charge in [-0.2, -0.15) is 0 Å². The van der Waals surface area contributed by atoms with Crippen molar-refractivity contribution in [3.8, 4) is 0 Å². The molecule has 0 radical (unpaired) electrons. The van der Waals surface area contributed by atoms with Crippen molar-refractivity contribution in [2.45, 2.75) is 19.4 Å². The Morgan fingerprint density at radius 1 is 0.783 bits per heavy atom. The number of rotatable bonds is 3. The van der Waals surface area contributed by atoms with Crippen LogP contribution in [0.2, 0.25) is 0 Å². The Bertz CT molecular complexity index is 726. The summed E-state index contributed by atoms with van der Waals surface area (Å²) in [6, 6.07) is 15.2. The van der Waals surface area contributed by atoms with E-state index in [-0.39, 0.29) is 11.8 Å². The second-order valence-corrected chi connectivity index (χ2v) is 6.10. The van der Waals surface area contributed by atoms with E-state index in [1.807, 2.05) is 12.1 Å². The summed E-state index contributed by atoms with van der Waals surface area (Å²) in [7, 11) is 0. The third-order valence-electron chi connectivity index (χ3n) is 4.63.